The molecule has 1 aliphatic carbocycles. The summed E-state index contributed by atoms with van der Waals surface area (Å²) in [6.07, 6.45) is 2.27. The topological polar surface area (TPSA) is 84.5 Å². The highest BCUT2D eigenvalue weighted by Crippen LogP contribution is 2.27. The van der Waals surface area contributed by atoms with Crippen LogP contribution in [0, 0.1) is 5.92 Å². The van der Waals surface area contributed by atoms with Crippen LogP contribution in [0.5, 0.6) is 0 Å². The van der Waals surface area contributed by atoms with E-state index < -0.39 is 21.8 Å². The number of sulfonamides is 1. The molecule has 0 aromatic heterocycles. The van der Waals surface area contributed by atoms with Crippen molar-refractivity contribution >= 4 is 15.9 Å². The molecule has 104 valence electrons. The third kappa shape index (κ3) is 3.21. The molecule has 1 heterocycles. The Morgan fingerprint density at radius 2 is 2.06 bits per heavy atom. The molecule has 0 aromatic carbocycles. The lowest BCUT2D eigenvalue weighted by Crippen LogP contribution is -2.46. The summed E-state index contributed by atoms with van der Waals surface area (Å²) in [5, 5.41) is 2.84. The predicted molar refractivity (Wildman–Crippen MR) is 66.5 cm³/mol. The summed E-state index contributed by atoms with van der Waals surface area (Å²) < 4.78 is 30.8. The lowest BCUT2D eigenvalue weighted by Gasteiger charge is -2.18. The number of rotatable bonds is 6. The first-order valence-corrected chi connectivity index (χ1v) is 7.96. The van der Waals surface area contributed by atoms with Crippen molar-refractivity contribution in [1.29, 1.82) is 0 Å². The lowest BCUT2D eigenvalue weighted by atomic mass is 10.0. The second-order valence-electron chi connectivity index (χ2n) is 4.92. The molecule has 18 heavy (non-hydrogen) atoms. The average Bonchev–Trinajstić information content (AvgIpc) is 3.06. The van der Waals surface area contributed by atoms with Crippen LogP contribution in [0.15, 0.2) is 0 Å². The minimum atomic E-state index is -3.45. The van der Waals surface area contributed by atoms with Gasteiger partial charge in [0.2, 0.25) is 15.9 Å². The SMILES string of the molecule is CCCNC1COCC1C(=O)NS(=O)(=O)C1CC1. The molecule has 1 aliphatic heterocycles. The maximum absolute atomic E-state index is 12.0. The summed E-state index contributed by atoms with van der Waals surface area (Å²) in [5.74, 6) is -0.849. The van der Waals surface area contributed by atoms with Gasteiger partial charge in [0, 0.05) is 6.04 Å². The van der Waals surface area contributed by atoms with Crippen LogP contribution in [0.25, 0.3) is 0 Å². The van der Waals surface area contributed by atoms with Crippen molar-refractivity contribution in [3.8, 4) is 0 Å². The zero-order valence-electron chi connectivity index (χ0n) is 10.5. The summed E-state index contributed by atoms with van der Waals surface area (Å²) in [5.41, 5.74) is 0. The van der Waals surface area contributed by atoms with Gasteiger partial charge in [-0.3, -0.25) is 9.52 Å². The van der Waals surface area contributed by atoms with Gasteiger partial charge in [0.1, 0.15) is 0 Å². The fraction of sp³-hybridized carbons (Fsp3) is 0.909. The number of carbonyl (C=O) groups excluding carboxylic acids is 1. The van der Waals surface area contributed by atoms with Crippen LogP contribution < -0.4 is 10.0 Å². The quantitative estimate of drug-likeness (QED) is 0.690. The number of hydrogen-bond acceptors (Lipinski definition) is 5. The van der Waals surface area contributed by atoms with Crippen LogP contribution in [0.4, 0.5) is 0 Å². The molecule has 1 saturated heterocycles. The molecule has 1 saturated carbocycles. The first-order chi connectivity index (χ1) is 8.54. The molecule has 2 N–H and O–H groups in total. The van der Waals surface area contributed by atoms with Crippen LogP contribution in [0.3, 0.4) is 0 Å². The van der Waals surface area contributed by atoms with E-state index in [1.54, 1.807) is 0 Å². The summed E-state index contributed by atoms with van der Waals surface area (Å²) >= 11 is 0. The van der Waals surface area contributed by atoms with Gasteiger partial charge < -0.3 is 10.1 Å². The second-order valence-corrected chi connectivity index (χ2v) is 6.88. The molecule has 2 atom stereocenters. The highest BCUT2D eigenvalue weighted by atomic mass is 32.2. The normalized spacial score (nSPS) is 28.3. The van der Waals surface area contributed by atoms with Gasteiger partial charge in [-0.1, -0.05) is 6.92 Å². The number of ether oxygens (including phenoxy) is 1. The zero-order valence-corrected chi connectivity index (χ0v) is 11.3. The van der Waals surface area contributed by atoms with Crippen LogP contribution in [-0.4, -0.2) is 45.4 Å². The molecule has 7 heteroatoms. The maximum atomic E-state index is 12.0. The van der Waals surface area contributed by atoms with E-state index in [1.165, 1.54) is 0 Å². The minimum absolute atomic E-state index is 0.0839. The predicted octanol–water partition coefficient (Wildman–Crippen LogP) is -0.391. The monoisotopic (exact) mass is 276 g/mol. The maximum Gasteiger partial charge on any atom is 0.240 e. The van der Waals surface area contributed by atoms with Crippen molar-refractivity contribution in [3.63, 3.8) is 0 Å². The molecule has 0 bridgehead atoms. The third-order valence-electron chi connectivity index (χ3n) is 3.28. The Morgan fingerprint density at radius 3 is 2.67 bits per heavy atom. The van der Waals surface area contributed by atoms with Crippen molar-refractivity contribution in [1.82, 2.24) is 10.0 Å². The van der Waals surface area contributed by atoms with Crippen molar-refractivity contribution in [2.75, 3.05) is 19.8 Å². The summed E-state index contributed by atoms with van der Waals surface area (Å²) in [4.78, 5) is 12.0. The lowest BCUT2D eigenvalue weighted by molar-refractivity contribution is -0.123. The Morgan fingerprint density at radius 1 is 1.33 bits per heavy atom. The largest absolute Gasteiger partial charge is 0.379 e. The Balaban J connectivity index is 1.91. The molecule has 1 amide bonds. The van der Waals surface area contributed by atoms with E-state index in [0.717, 1.165) is 13.0 Å². The van der Waals surface area contributed by atoms with E-state index in [4.69, 9.17) is 4.74 Å². The van der Waals surface area contributed by atoms with Crippen molar-refractivity contribution in [3.05, 3.63) is 0 Å². The Kier molecular flexibility index (Phi) is 4.24. The molecule has 2 rings (SSSR count). The third-order valence-corrected chi connectivity index (χ3v) is 5.11. The van der Waals surface area contributed by atoms with E-state index in [0.29, 0.717) is 19.4 Å². The first-order valence-electron chi connectivity index (χ1n) is 6.41. The molecule has 0 radical (unpaired) electrons. The fourth-order valence-corrected chi connectivity index (χ4v) is 3.38. The van der Waals surface area contributed by atoms with Crippen molar-refractivity contribution in [2.45, 2.75) is 37.5 Å². The van der Waals surface area contributed by atoms with Gasteiger partial charge in [0.15, 0.2) is 0 Å². The molecule has 2 fully saturated rings. The van der Waals surface area contributed by atoms with Gasteiger partial charge in [-0.2, -0.15) is 0 Å². The second kappa shape index (κ2) is 5.54. The van der Waals surface area contributed by atoms with Gasteiger partial charge in [0.05, 0.1) is 24.4 Å². The average molecular weight is 276 g/mol. The molecule has 0 spiro atoms. The van der Waals surface area contributed by atoms with E-state index in [-0.39, 0.29) is 17.9 Å². The van der Waals surface area contributed by atoms with Gasteiger partial charge >= 0.3 is 0 Å². The summed E-state index contributed by atoms with van der Waals surface area (Å²) in [6, 6.07) is -0.0839. The highest BCUT2D eigenvalue weighted by molar-refractivity contribution is 7.90. The number of hydrogen-bond donors (Lipinski definition) is 2. The number of amides is 1. The van der Waals surface area contributed by atoms with E-state index in [9.17, 15) is 13.2 Å². The molecule has 2 unspecified atom stereocenters. The first kappa shape index (κ1) is 13.8. The van der Waals surface area contributed by atoms with Crippen LogP contribution in [0.2, 0.25) is 0 Å². The van der Waals surface area contributed by atoms with Gasteiger partial charge in [0.25, 0.3) is 0 Å². The number of nitrogens with one attached hydrogen (secondary N) is 2. The fourth-order valence-electron chi connectivity index (χ4n) is 2.02. The smallest absolute Gasteiger partial charge is 0.240 e. The van der Waals surface area contributed by atoms with E-state index >= 15 is 0 Å². The van der Waals surface area contributed by atoms with Crippen molar-refractivity contribution < 1.29 is 17.9 Å². The van der Waals surface area contributed by atoms with Gasteiger partial charge in [-0.15, -0.1) is 0 Å². The highest BCUT2D eigenvalue weighted by Gasteiger charge is 2.40. The Hall–Kier alpha value is -0.660. The Labute approximate surface area is 108 Å². The van der Waals surface area contributed by atoms with E-state index in [1.807, 2.05) is 6.92 Å². The summed E-state index contributed by atoms with van der Waals surface area (Å²) in [6.45, 7) is 3.58. The van der Waals surface area contributed by atoms with Crippen LogP contribution in [0.1, 0.15) is 26.2 Å². The zero-order chi connectivity index (χ0) is 13.2. The summed E-state index contributed by atoms with van der Waals surface area (Å²) in [7, 11) is -3.45. The van der Waals surface area contributed by atoms with Gasteiger partial charge in [-0.25, -0.2) is 8.42 Å². The Bertz CT molecular complexity index is 405. The van der Waals surface area contributed by atoms with Gasteiger partial charge in [-0.05, 0) is 25.8 Å². The minimum Gasteiger partial charge on any atom is -0.379 e. The van der Waals surface area contributed by atoms with Crippen molar-refractivity contribution in [2.24, 2.45) is 5.92 Å². The van der Waals surface area contributed by atoms with E-state index in [2.05, 4.69) is 10.0 Å². The molecular formula is C11H20N2O4S. The number of carbonyl (C=O) groups is 1. The van der Waals surface area contributed by atoms with Crippen LogP contribution >= 0.6 is 0 Å². The molecule has 6 nitrogen and oxygen atoms in total. The molecular weight excluding hydrogens is 256 g/mol. The molecule has 0 aromatic rings. The molecule has 2 aliphatic rings. The van der Waals surface area contributed by atoms with Crippen LogP contribution in [-0.2, 0) is 19.6 Å². The standard InChI is InChI=1S/C11H20N2O4S/c1-2-5-12-10-7-17-6-9(10)11(14)13-18(15,16)8-3-4-8/h8-10,12H,2-7H2,1H3,(H,13,14).